The number of benzene rings is 1. The maximum atomic E-state index is 11.5. The van der Waals surface area contributed by atoms with Crippen LogP contribution in [0.1, 0.15) is 28.5 Å². The Morgan fingerprint density at radius 2 is 2.05 bits per heavy atom. The third-order valence-corrected chi connectivity index (χ3v) is 2.80. The second kappa shape index (κ2) is 5.40. The first kappa shape index (κ1) is 12.9. The summed E-state index contributed by atoms with van der Waals surface area (Å²) in [7, 11) is 0. The molecule has 0 amide bonds. The van der Waals surface area contributed by atoms with E-state index >= 15 is 0 Å². The molecule has 4 nitrogen and oxygen atoms in total. The Hall–Kier alpha value is -2.54. The summed E-state index contributed by atoms with van der Waals surface area (Å²) in [6.45, 7) is 4.07. The highest BCUT2D eigenvalue weighted by atomic mass is 16.5. The Balaban J connectivity index is 2.30. The zero-order chi connectivity index (χ0) is 13.8. The van der Waals surface area contributed by atoms with Crippen LogP contribution in [0.4, 0.5) is 0 Å². The lowest BCUT2D eigenvalue weighted by atomic mass is 10.2. The molecule has 1 aromatic heterocycles. The molecule has 0 N–H and O–H groups in total. The molecular weight excluding hydrogens is 240 g/mol. The van der Waals surface area contributed by atoms with Crippen LogP contribution in [0.3, 0.4) is 0 Å². The topological polar surface area (TPSA) is 55.0 Å². The molecule has 2 rings (SSSR count). The maximum Gasteiger partial charge on any atom is 0.338 e. The van der Waals surface area contributed by atoms with Gasteiger partial charge < -0.3 is 9.30 Å². The van der Waals surface area contributed by atoms with E-state index in [0.717, 1.165) is 11.4 Å². The zero-order valence-electron chi connectivity index (χ0n) is 10.9. The Bertz CT molecular complexity index is 633. The monoisotopic (exact) mass is 254 g/mol. The van der Waals surface area contributed by atoms with Crippen molar-refractivity contribution in [3.05, 3.63) is 53.3 Å². The second-order valence-corrected chi connectivity index (χ2v) is 4.12. The van der Waals surface area contributed by atoms with Gasteiger partial charge in [-0.3, -0.25) is 0 Å². The van der Waals surface area contributed by atoms with Gasteiger partial charge in [-0.1, -0.05) is 0 Å². The number of carbonyl (C=O) groups is 1. The van der Waals surface area contributed by atoms with Gasteiger partial charge in [0.2, 0.25) is 0 Å². The lowest BCUT2D eigenvalue weighted by molar-refractivity contribution is 0.0526. The summed E-state index contributed by atoms with van der Waals surface area (Å²) in [6.07, 6.45) is 1.77. The van der Waals surface area contributed by atoms with Crippen molar-refractivity contribution in [1.29, 1.82) is 5.26 Å². The van der Waals surface area contributed by atoms with Gasteiger partial charge in [-0.05, 0) is 44.2 Å². The van der Waals surface area contributed by atoms with Gasteiger partial charge in [-0.25, -0.2) is 4.79 Å². The number of rotatable bonds is 3. The van der Waals surface area contributed by atoms with Crippen molar-refractivity contribution in [1.82, 2.24) is 4.57 Å². The summed E-state index contributed by atoms with van der Waals surface area (Å²) in [5, 5.41) is 8.87. The summed E-state index contributed by atoms with van der Waals surface area (Å²) in [4.78, 5) is 11.5. The van der Waals surface area contributed by atoms with E-state index in [1.165, 1.54) is 0 Å². The fourth-order valence-corrected chi connectivity index (χ4v) is 1.88. The van der Waals surface area contributed by atoms with Gasteiger partial charge in [0.25, 0.3) is 0 Å². The predicted molar refractivity (Wildman–Crippen MR) is 71.2 cm³/mol. The van der Waals surface area contributed by atoms with E-state index in [0.29, 0.717) is 17.7 Å². The number of hydrogen-bond acceptors (Lipinski definition) is 3. The number of aryl methyl sites for hydroxylation is 1. The zero-order valence-corrected chi connectivity index (χ0v) is 10.9. The third kappa shape index (κ3) is 2.66. The Morgan fingerprint density at radius 1 is 1.37 bits per heavy atom. The Labute approximate surface area is 111 Å². The van der Waals surface area contributed by atoms with Crippen LogP contribution >= 0.6 is 0 Å². The predicted octanol–water partition coefficient (Wildman–Crippen LogP) is 2.83. The minimum Gasteiger partial charge on any atom is -0.462 e. The van der Waals surface area contributed by atoms with Gasteiger partial charge in [0.15, 0.2) is 0 Å². The molecule has 0 spiro atoms. The van der Waals surface area contributed by atoms with Gasteiger partial charge in [0.05, 0.1) is 17.7 Å². The molecule has 0 fully saturated rings. The first-order valence-electron chi connectivity index (χ1n) is 6.02. The van der Waals surface area contributed by atoms with E-state index < -0.39 is 0 Å². The molecule has 2 aromatic rings. The number of hydrogen-bond donors (Lipinski definition) is 0. The fraction of sp³-hybridized carbons (Fsp3) is 0.200. The molecule has 0 saturated carbocycles. The average Bonchev–Trinajstić information content (AvgIpc) is 2.80. The Morgan fingerprint density at radius 3 is 2.58 bits per heavy atom. The van der Waals surface area contributed by atoms with Crippen molar-refractivity contribution in [3.8, 4) is 11.8 Å². The van der Waals surface area contributed by atoms with Gasteiger partial charge in [-0.15, -0.1) is 0 Å². The molecule has 1 heterocycles. The van der Waals surface area contributed by atoms with Crippen molar-refractivity contribution in [3.63, 3.8) is 0 Å². The number of aromatic nitrogens is 1. The summed E-state index contributed by atoms with van der Waals surface area (Å²) >= 11 is 0. The van der Waals surface area contributed by atoms with Crippen LogP contribution in [0.15, 0.2) is 36.5 Å². The minimum atomic E-state index is -0.323. The average molecular weight is 254 g/mol. The molecule has 0 radical (unpaired) electrons. The largest absolute Gasteiger partial charge is 0.462 e. The Kier molecular flexibility index (Phi) is 3.67. The van der Waals surface area contributed by atoms with E-state index in [4.69, 9.17) is 10.00 Å². The maximum absolute atomic E-state index is 11.5. The molecule has 0 saturated heterocycles. The minimum absolute atomic E-state index is 0.323. The third-order valence-electron chi connectivity index (χ3n) is 2.80. The number of esters is 1. The summed E-state index contributed by atoms with van der Waals surface area (Å²) in [5.74, 6) is -0.323. The second-order valence-electron chi connectivity index (χ2n) is 4.12. The summed E-state index contributed by atoms with van der Waals surface area (Å²) in [6, 6.07) is 11.0. The fourth-order valence-electron chi connectivity index (χ4n) is 1.88. The molecule has 0 bridgehead atoms. The van der Waals surface area contributed by atoms with Crippen LogP contribution in [0, 0.1) is 18.3 Å². The molecular formula is C15H14N2O2. The van der Waals surface area contributed by atoms with Gasteiger partial charge in [0.1, 0.15) is 6.07 Å². The molecule has 96 valence electrons. The molecule has 0 aliphatic rings. The van der Waals surface area contributed by atoms with Crippen molar-refractivity contribution >= 4 is 5.97 Å². The van der Waals surface area contributed by atoms with Crippen molar-refractivity contribution < 1.29 is 9.53 Å². The molecule has 19 heavy (non-hydrogen) atoms. The van der Waals surface area contributed by atoms with Gasteiger partial charge >= 0.3 is 5.97 Å². The highest BCUT2D eigenvalue weighted by Gasteiger charge is 2.07. The molecule has 4 heteroatoms. The van der Waals surface area contributed by atoms with E-state index in [1.807, 2.05) is 29.7 Å². The van der Waals surface area contributed by atoms with Crippen LogP contribution in [0.2, 0.25) is 0 Å². The van der Waals surface area contributed by atoms with Crippen molar-refractivity contribution in [2.45, 2.75) is 13.8 Å². The van der Waals surface area contributed by atoms with E-state index in [9.17, 15) is 4.79 Å². The van der Waals surface area contributed by atoms with Crippen LogP contribution < -0.4 is 0 Å². The molecule has 0 aliphatic heterocycles. The SMILES string of the molecule is CCOC(=O)c1ccc(-n2cc(C#N)cc2C)cc1. The van der Waals surface area contributed by atoms with Crippen molar-refractivity contribution in [2.75, 3.05) is 6.61 Å². The summed E-state index contributed by atoms with van der Waals surface area (Å²) < 4.78 is 6.84. The first-order valence-corrected chi connectivity index (χ1v) is 6.02. The molecule has 0 atom stereocenters. The quantitative estimate of drug-likeness (QED) is 0.791. The number of nitrogens with zero attached hydrogens (tertiary/aromatic N) is 2. The van der Waals surface area contributed by atoms with Crippen LogP contribution in [-0.4, -0.2) is 17.1 Å². The van der Waals surface area contributed by atoms with Gasteiger partial charge in [-0.2, -0.15) is 5.26 Å². The normalized spacial score (nSPS) is 9.95. The van der Waals surface area contributed by atoms with Crippen LogP contribution in [0.5, 0.6) is 0 Å². The highest BCUT2D eigenvalue weighted by molar-refractivity contribution is 5.89. The summed E-state index contributed by atoms with van der Waals surface area (Å²) in [5.41, 5.74) is 3.02. The van der Waals surface area contributed by atoms with Gasteiger partial charge in [0, 0.05) is 17.6 Å². The van der Waals surface area contributed by atoms with E-state index in [1.54, 1.807) is 25.3 Å². The van der Waals surface area contributed by atoms with Crippen molar-refractivity contribution in [2.24, 2.45) is 0 Å². The molecule has 0 aliphatic carbocycles. The lowest BCUT2D eigenvalue weighted by Gasteiger charge is -2.07. The van der Waals surface area contributed by atoms with Crippen LogP contribution in [-0.2, 0) is 4.74 Å². The standard InChI is InChI=1S/C15H14N2O2/c1-3-19-15(18)13-4-6-14(7-5-13)17-10-12(9-16)8-11(17)2/h4-8,10H,3H2,1-2H3. The smallest absolute Gasteiger partial charge is 0.338 e. The first-order chi connectivity index (χ1) is 9.15. The number of carbonyl (C=O) groups excluding carboxylic acids is 1. The van der Waals surface area contributed by atoms with Crippen LogP contribution in [0.25, 0.3) is 5.69 Å². The van der Waals surface area contributed by atoms with E-state index in [-0.39, 0.29) is 5.97 Å². The molecule has 1 aromatic carbocycles. The van der Waals surface area contributed by atoms with E-state index in [2.05, 4.69) is 6.07 Å². The number of nitriles is 1. The lowest BCUT2D eigenvalue weighted by Crippen LogP contribution is -2.04. The highest BCUT2D eigenvalue weighted by Crippen LogP contribution is 2.16. The molecule has 0 unspecified atom stereocenters. The number of ether oxygens (including phenoxy) is 1.